The van der Waals surface area contributed by atoms with E-state index in [1.807, 2.05) is 0 Å². The van der Waals surface area contributed by atoms with Gasteiger partial charge in [0, 0.05) is 0 Å². The molecular formula is C3H6NNaO4. The van der Waals surface area contributed by atoms with Gasteiger partial charge >= 0.3 is 41.7 Å². The van der Waals surface area contributed by atoms with Gasteiger partial charge < -0.3 is 15.6 Å². The predicted molar refractivity (Wildman–Crippen MR) is 30.3 cm³/mol. The average molecular weight is 143 g/mol. The van der Waals surface area contributed by atoms with E-state index in [4.69, 9.17) is 5.11 Å². The Morgan fingerprint density at radius 1 is 1.56 bits per heavy atom. The average Bonchev–Trinajstić information content (AvgIpc) is 1.65. The van der Waals surface area contributed by atoms with E-state index in [0.717, 1.165) is 0 Å². The van der Waals surface area contributed by atoms with Crippen molar-refractivity contribution in [2.24, 2.45) is 5.73 Å². The molecule has 48 valence electrons. The van der Waals surface area contributed by atoms with Crippen LogP contribution in [0.25, 0.3) is 0 Å². The van der Waals surface area contributed by atoms with Gasteiger partial charge in [-0.15, -0.1) is 0 Å². The summed E-state index contributed by atoms with van der Waals surface area (Å²) < 4.78 is 3.55. The molecule has 0 aromatic rings. The Bertz CT molecular complexity index is 114. The van der Waals surface area contributed by atoms with Crippen molar-refractivity contribution in [1.82, 2.24) is 0 Å². The first-order chi connectivity index (χ1) is 3.66. The molecular weight excluding hydrogens is 137 g/mol. The van der Waals surface area contributed by atoms with Crippen molar-refractivity contribution in [2.75, 3.05) is 6.54 Å². The summed E-state index contributed by atoms with van der Waals surface area (Å²) in [5, 5.41) is 7.72. The van der Waals surface area contributed by atoms with Crippen LogP contribution in [0.4, 0.5) is 4.79 Å². The first kappa shape index (κ1) is 11.7. The van der Waals surface area contributed by atoms with Crippen LogP contribution in [0.15, 0.2) is 0 Å². The Morgan fingerprint density at radius 3 is 2.11 bits per heavy atom. The Labute approximate surface area is 73.5 Å². The van der Waals surface area contributed by atoms with E-state index in [1.54, 1.807) is 0 Å². The Balaban J connectivity index is 0. The number of rotatable bonds is 1. The molecule has 0 aliphatic carbocycles. The number of hydrogen-bond donors (Lipinski definition) is 2. The molecule has 0 atom stereocenters. The Morgan fingerprint density at radius 2 is 2.00 bits per heavy atom. The molecule has 0 aromatic heterocycles. The first-order valence-corrected chi connectivity index (χ1v) is 1.80. The van der Waals surface area contributed by atoms with Crippen LogP contribution in [0.2, 0.25) is 0 Å². The summed E-state index contributed by atoms with van der Waals surface area (Å²) in [6.45, 7) is -0.410. The third-order valence-electron chi connectivity index (χ3n) is 0.368. The van der Waals surface area contributed by atoms with Gasteiger partial charge in [0.15, 0.2) is 0 Å². The van der Waals surface area contributed by atoms with Gasteiger partial charge in [0.25, 0.3) is 0 Å². The number of nitrogens with two attached hydrogens (primary N) is 1. The minimum atomic E-state index is -1.62. The zero-order valence-corrected chi connectivity index (χ0v) is 3.96. The number of esters is 1. The van der Waals surface area contributed by atoms with E-state index in [1.165, 1.54) is 0 Å². The topological polar surface area (TPSA) is 89.6 Å². The van der Waals surface area contributed by atoms with Crippen molar-refractivity contribution in [3.8, 4) is 0 Å². The van der Waals surface area contributed by atoms with Crippen molar-refractivity contribution in [3.05, 3.63) is 0 Å². The molecule has 0 saturated carbocycles. The second-order valence-corrected chi connectivity index (χ2v) is 0.944. The van der Waals surface area contributed by atoms with Gasteiger partial charge in [0.2, 0.25) is 0 Å². The molecule has 0 fully saturated rings. The molecule has 0 unspecified atom stereocenters. The standard InChI is InChI=1S/C3H5NO4.Na.H/c4-1-2(5)8-3(6)7;;/h1,4H2,(H,6,7);;. The van der Waals surface area contributed by atoms with Gasteiger partial charge in [-0.1, -0.05) is 0 Å². The third kappa shape index (κ3) is 7.90. The summed E-state index contributed by atoms with van der Waals surface area (Å²) in [6, 6.07) is 0. The predicted octanol–water partition coefficient (Wildman–Crippen LogP) is -1.48. The number of carbonyl (C=O) groups is 2. The van der Waals surface area contributed by atoms with Crippen LogP contribution in [0.3, 0.4) is 0 Å². The molecule has 3 N–H and O–H groups in total. The summed E-state index contributed by atoms with van der Waals surface area (Å²) in [4.78, 5) is 19.4. The van der Waals surface area contributed by atoms with Crippen LogP contribution in [0.1, 0.15) is 0 Å². The van der Waals surface area contributed by atoms with Gasteiger partial charge in [0.05, 0.1) is 6.54 Å². The van der Waals surface area contributed by atoms with Crippen molar-refractivity contribution in [3.63, 3.8) is 0 Å². The SMILES string of the molecule is NCC(=O)OC(=O)O.[NaH]. The van der Waals surface area contributed by atoms with Gasteiger partial charge in [-0.2, -0.15) is 0 Å². The summed E-state index contributed by atoms with van der Waals surface area (Å²) in [6.07, 6.45) is -1.62. The van der Waals surface area contributed by atoms with E-state index in [9.17, 15) is 9.59 Å². The van der Waals surface area contributed by atoms with Crippen LogP contribution in [0.5, 0.6) is 0 Å². The molecule has 0 bridgehead atoms. The molecule has 9 heavy (non-hydrogen) atoms. The second kappa shape index (κ2) is 6.03. The molecule has 0 rings (SSSR count). The summed E-state index contributed by atoms with van der Waals surface area (Å²) in [5.41, 5.74) is 4.68. The molecule has 0 saturated heterocycles. The van der Waals surface area contributed by atoms with E-state index in [0.29, 0.717) is 0 Å². The molecule has 0 amide bonds. The van der Waals surface area contributed by atoms with Crippen molar-refractivity contribution < 1.29 is 19.4 Å². The third-order valence-corrected chi connectivity index (χ3v) is 0.368. The zero-order chi connectivity index (χ0) is 6.57. The first-order valence-electron chi connectivity index (χ1n) is 1.80. The van der Waals surface area contributed by atoms with Crippen LogP contribution in [-0.2, 0) is 9.53 Å². The van der Waals surface area contributed by atoms with E-state index >= 15 is 0 Å². The Hall–Kier alpha value is -0.100. The van der Waals surface area contributed by atoms with E-state index < -0.39 is 18.7 Å². The fraction of sp³-hybridized carbons (Fsp3) is 0.333. The fourth-order valence-corrected chi connectivity index (χ4v) is 0.139. The second-order valence-electron chi connectivity index (χ2n) is 0.944. The molecule has 6 heteroatoms. The number of hydrogen-bond acceptors (Lipinski definition) is 4. The minimum absolute atomic E-state index is 0. The molecule has 0 aliphatic heterocycles. The number of carbonyl (C=O) groups excluding carboxylic acids is 1. The van der Waals surface area contributed by atoms with Crippen LogP contribution >= 0.6 is 0 Å². The maximum absolute atomic E-state index is 9.89. The van der Waals surface area contributed by atoms with Crippen LogP contribution in [0, 0.1) is 0 Å². The van der Waals surface area contributed by atoms with Crippen LogP contribution in [-0.4, -0.2) is 53.3 Å². The molecule has 0 aliphatic rings. The normalized spacial score (nSPS) is 7.22. The number of ether oxygens (including phenoxy) is 1. The summed E-state index contributed by atoms with van der Waals surface area (Å²) in [7, 11) is 0. The Kier molecular flexibility index (Phi) is 7.81. The van der Waals surface area contributed by atoms with Crippen molar-refractivity contribution >= 4 is 41.7 Å². The monoisotopic (exact) mass is 143 g/mol. The van der Waals surface area contributed by atoms with Crippen LogP contribution < -0.4 is 5.73 Å². The van der Waals surface area contributed by atoms with Gasteiger partial charge in [-0.25, -0.2) is 4.79 Å². The van der Waals surface area contributed by atoms with Crippen molar-refractivity contribution in [2.45, 2.75) is 0 Å². The van der Waals surface area contributed by atoms with Gasteiger partial charge in [-0.05, 0) is 0 Å². The maximum atomic E-state index is 9.89. The number of carboxylic acid groups (broad SMARTS) is 1. The molecule has 0 heterocycles. The summed E-state index contributed by atoms with van der Waals surface area (Å²) in [5.74, 6) is -0.947. The molecule has 5 nitrogen and oxygen atoms in total. The molecule has 0 spiro atoms. The molecule has 0 aromatic carbocycles. The summed E-state index contributed by atoms with van der Waals surface area (Å²) >= 11 is 0. The van der Waals surface area contributed by atoms with Crippen molar-refractivity contribution in [1.29, 1.82) is 0 Å². The quantitative estimate of drug-likeness (QED) is 0.265. The van der Waals surface area contributed by atoms with E-state index in [-0.39, 0.29) is 29.6 Å². The van der Waals surface area contributed by atoms with Gasteiger partial charge in [0.1, 0.15) is 0 Å². The van der Waals surface area contributed by atoms with Gasteiger partial charge in [-0.3, -0.25) is 4.79 Å². The van der Waals surface area contributed by atoms with E-state index in [2.05, 4.69) is 10.5 Å². The zero-order valence-electron chi connectivity index (χ0n) is 3.96. The molecule has 0 radical (unpaired) electrons. The fourth-order valence-electron chi connectivity index (χ4n) is 0.139.